The maximum absolute atomic E-state index is 11.9. The van der Waals surface area contributed by atoms with Crippen molar-refractivity contribution in [2.24, 2.45) is 0 Å². The zero-order chi connectivity index (χ0) is 15.1. The molecule has 7 nitrogen and oxygen atoms in total. The molecule has 2 heterocycles. The number of aromatic nitrogens is 1. The molecule has 0 aromatic carbocycles. The Morgan fingerprint density at radius 3 is 3.05 bits per heavy atom. The van der Waals surface area contributed by atoms with Gasteiger partial charge in [-0.15, -0.1) is 0 Å². The summed E-state index contributed by atoms with van der Waals surface area (Å²) in [7, 11) is 0. The van der Waals surface area contributed by atoms with Gasteiger partial charge in [0.1, 0.15) is 5.82 Å². The van der Waals surface area contributed by atoms with Gasteiger partial charge in [-0.3, -0.25) is 25.3 Å². The van der Waals surface area contributed by atoms with Gasteiger partial charge in [-0.2, -0.15) is 11.8 Å². The number of anilines is 1. The Morgan fingerprint density at radius 1 is 1.48 bits per heavy atom. The number of hydrazine groups is 1. The maximum atomic E-state index is 11.9. The van der Waals surface area contributed by atoms with E-state index in [9.17, 15) is 9.59 Å². The first-order valence-electron chi connectivity index (χ1n) is 6.64. The van der Waals surface area contributed by atoms with E-state index in [0.29, 0.717) is 5.82 Å². The van der Waals surface area contributed by atoms with Crippen molar-refractivity contribution in [3.63, 3.8) is 0 Å². The number of rotatable bonds is 6. The molecule has 1 unspecified atom stereocenters. The number of carbonyl (C=O) groups is 2. The van der Waals surface area contributed by atoms with Crippen molar-refractivity contribution < 1.29 is 14.7 Å². The molecule has 114 valence electrons. The Hall–Kier alpha value is -1.80. The number of hydrogen-bond donors (Lipinski definition) is 3. The molecular weight excluding hydrogens is 292 g/mol. The average Bonchev–Trinajstić information content (AvgIpc) is 2.48. The smallest absolute Gasteiger partial charge is 0.304 e. The lowest BCUT2D eigenvalue weighted by Gasteiger charge is -2.33. The topological polar surface area (TPSA) is 94.6 Å². The van der Waals surface area contributed by atoms with Gasteiger partial charge < -0.3 is 5.11 Å². The molecule has 0 bridgehead atoms. The minimum absolute atomic E-state index is 0.0634. The fourth-order valence-corrected chi connectivity index (χ4v) is 3.21. The number of thioether (sulfide) groups is 1. The summed E-state index contributed by atoms with van der Waals surface area (Å²) in [5.74, 6) is 1.18. The molecule has 0 radical (unpaired) electrons. The molecule has 1 fully saturated rings. The van der Waals surface area contributed by atoms with Crippen molar-refractivity contribution in [1.29, 1.82) is 0 Å². The first kappa shape index (κ1) is 15.6. The Labute approximate surface area is 127 Å². The van der Waals surface area contributed by atoms with Crippen LogP contribution in [0.15, 0.2) is 24.4 Å². The molecule has 1 aromatic heterocycles. The van der Waals surface area contributed by atoms with E-state index in [1.54, 1.807) is 30.1 Å². The van der Waals surface area contributed by atoms with Crippen LogP contribution < -0.4 is 10.9 Å². The van der Waals surface area contributed by atoms with Crippen LogP contribution in [0.1, 0.15) is 6.42 Å². The van der Waals surface area contributed by atoms with Crippen LogP contribution in [-0.4, -0.2) is 57.5 Å². The Bertz CT molecular complexity index is 486. The van der Waals surface area contributed by atoms with Crippen LogP contribution in [-0.2, 0) is 9.59 Å². The number of carboxylic acids is 1. The molecule has 8 heteroatoms. The lowest BCUT2D eigenvalue weighted by atomic mass is 10.2. The minimum Gasteiger partial charge on any atom is -0.481 e. The Balaban J connectivity index is 1.81. The average molecular weight is 310 g/mol. The first-order valence-corrected chi connectivity index (χ1v) is 7.80. The van der Waals surface area contributed by atoms with Gasteiger partial charge in [-0.25, -0.2) is 4.98 Å². The highest BCUT2D eigenvalue weighted by Gasteiger charge is 2.26. The van der Waals surface area contributed by atoms with Crippen molar-refractivity contribution in [1.82, 2.24) is 15.3 Å². The third-order valence-corrected chi connectivity index (χ3v) is 4.19. The standard InChI is InChI=1S/C13H18N4O3S/c18-12(16-15-11-3-1-2-4-14-11)8-17-5-6-21-9-10(17)7-13(19)20/h1-4,10H,5-9H2,(H,14,15)(H,16,18)(H,19,20). The van der Waals surface area contributed by atoms with Gasteiger partial charge in [0.25, 0.3) is 5.91 Å². The zero-order valence-electron chi connectivity index (χ0n) is 11.5. The largest absolute Gasteiger partial charge is 0.481 e. The van der Waals surface area contributed by atoms with Gasteiger partial charge in [0.05, 0.1) is 13.0 Å². The van der Waals surface area contributed by atoms with Crippen LogP contribution in [0.25, 0.3) is 0 Å². The summed E-state index contributed by atoms with van der Waals surface area (Å²) in [5, 5.41) is 8.91. The van der Waals surface area contributed by atoms with Gasteiger partial charge in [-0.05, 0) is 12.1 Å². The fraction of sp³-hybridized carbons (Fsp3) is 0.462. The van der Waals surface area contributed by atoms with E-state index < -0.39 is 5.97 Å². The number of nitrogens with one attached hydrogen (secondary N) is 2. The summed E-state index contributed by atoms with van der Waals surface area (Å²) in [6.07, 6.45) is 1.69. The lowest BCUT2D eigenvalue weighted by molar-refractivity contribution is -0.138. The summed E-state index contributed by atoms with van der Waals surface area (Å²) in [4.78, 5) is 28.7. The summed E-state index contributed by atoms with van der Waals surface area (Å²) in [5.41, 5.74) is 5.30. The van der Waals surface area contributed by atoms with Crippen LogP contribution >= 0.6 is 11.8 Å². The van der Waals surface area contributed by atoms with Crippen LogP contribution in [0.4, 0.5) is 5.82 Å². The van der Waals surface area contributed by atoms with E-state index in [2.05, 4.69) is 15.8 Å². The molecular formula is C13H18N4O3S. The number of aliphatic carboxylic acids is 1. The third kappa shape index (κ3) is 5.24. The van der Waals surface area contributed by atoms with Gasteiger partial charge in [-0.1, -0.05) is 6.07 Å². The molecule has 3 N–H and O–H groups in total. The van der Waals surface area contributed by atoms with E-state index in [4.69, 9.17) is 5.11 Å². The molecule has 1 amide bonds. The van der Waals surface area contributed by atoms with Crippen molar-refractivity contribution in [2.75, 3.05) is 30.0 Å². The molecule has 1 aromatic rings. The molecule has 0 saturated carbocycles. The van der Waals surface area contributed by atoms with Crippen molar-refractivity contribution in [3.8, 4) is 0 Å². The quantitative estimate of drug-likeness (QED) is 0.655. The van der Waals surface area contributed by atoms with Crippen molar-refractivity contribution in [3.05, 3.63) is 24.4 Å². The SMILES string of the molecule is O=C(O)CC1CSCCN1CC(=O)NNc1ccccn1. The van der Waals surface area contributed by atoms with Crippen LogP contribution in [0.2, 0.25) is 0 Å². The number of carbonyl (C=O) groups excluding carboxylic acids is 1. The second-order valence-electron chi connectivity index (χ2n) is 4.69. The Morgan fingerprint density at radius 2 is 2.33 bits per heavy atom. The third-order valence-electron chi connectivity index (χ3n) is 3.10. The van der Waals surface area contributed by atoms with Gasteiger partial charge in [0.2, 0.25) is 0 Å². The van der Waals surface area contributed by atoms with Crippen LogP contribution in [0.5, 0.6) is 0 Å². The Kier molecular flexibility index (Phi) is 5.82. The lowest BCUT2D eigenvalue weighted by Crippen LogP contribution is -2.49. The highest BCUT2D eigenvalue weighted by atomic mass is 32.2. The fourth-order valence-electron chi connectivity index (χ4n) is 2.08. The van der Waals surface area contributed by atoms with Crippen LogP contribution in [0, 0.1) is 0 Å². The normalized spacial score (nSPS) is 19.0. The van der Waals surface area contributed by atoms with E-state index in [-0.39, 0.29) is 24.9 Å². The predicted octanol–water partition coefficient (Wildman–Crippen LogP) is 0.417. The first-order chi connectivity index (χ1) is 10.1. The van der Waals surface area contributed by atoms with Gasteiger partial charge >= 0.3 is 5.97 Å². The predicted molar refractivity (Wildman–Crippen MR) is 80.9 cm³/mol. The summed E-state index contributed by atoms with van der Waals surface area (Å²) in [6, 6.07) is 5.24. The molecule has 21 heavy (non-hydrogen) atoms. The van der Waals surface area contributed by atoms with Gasteiger partial charge in [0.15, 0.2) is 0 Å². The molecule has 2 rings (SSSR count). The minimum atomic E-state index is -0.834. The summed E-state index contributed by atoms with van der Waals surface area (Å²) < 4.78 is 0. The summed E-state index contributed by atoms with van der Waals surface area (Å²) >= 11 is 1.72. The second-order valence-corrected chi connectivity index (χ2v) is 5.84. The molecule has 1 saturated heterocycles. The molecule has 0 spiro atoms. The van der Waals surface area contributed by atoms with Crippen molar-refractivity contribution >= 4 is 29.5 Å². The van der Waals surface area contributed by atoms with Crippen LogP contribution in [0.3, 0.4) is 0 Å². The number of amides is 1. The number of carboxylic acid groups (broad SMARTS) is 1. The summed E-state index contributed by atoms with van der Waals surface area (Å²) in [6.45, 7) is 0.901. The molecule has 1 aliphatic heterocycles. The molecule has 1 atom stereocenters. The van der Waals surface area contributed by atoms with E-state index in [1.165, 1.54) is 0 Å². The molecule has 1 aliphatic rings. The zero-order valence-corrected chi connectivity index (χ0v) is 12.3. The second kappa shape index (κ2) is 7.84. The number of pyridine rings is 1. The monoisotopic (exact) mass is 310 g/mol. The number of hydrogen-bond acceptors (Lipinski definition) is 6. The van der Waals surface area contributed by atoms with Gasteiger partial charge in [0, 0.05) is 30.3 Å². The number of nitrogens with zero attached hydrogens (tertiary/aromatic N) is 2. The highest BCUT2D eigenvalue weighted by Crippen LogP contribution is 2.18. The maximum Gasteiger partial charge on any atom is 0.304 e. The van der Waals surface area contributed by atoms with Crippen molar-refractivity contribution in [2.45, 2.75) is 12.5 Å². The van der Waals surface area contributed by atoms with E-state index >= 15 is 0 Å². The highest BCUT2D eigenvalue weighted by molar-refractivity contribution is 7.99. The van der Waals surface area contributed by atoms with E-state index in [1.807, 2.05) is 11.0 Å². The molecule has 0 aliphatic carbocycles. The van der Waals surface area contributed by atoms with E-state index in [0.717, 1.165) is 18.1 Å².